The summed E-state index contributed by atoms with van der Waals surface area (Å²) in [4.78, 5) is 6.18. The molecule has 0 spiro atoms. The Hall–Kier alpha value is -1.82. The van der Waals surface area contributed by atoms with Crippen molar-refractivity contribution in [3.63, 3.8) is 0 Å². The maximum Gasteiger partial charge on any atom is 0.191 e. The third-order valence-electron chi connectivity index (χ3n) is 2.86. The Morgan fingerprint density at radius 1 is 1.33 bits per heavy atom. The van der Waals surface area contributed by atoms with E-state index in [1.165, 1.54) is 6.07 Å². The molecule has 0 heterocycles. The quantitative estimate of drug-likeness (QED) is 0.456. The van der Waals surface area contributed by atoms with E-state index in [1.54, 1.807) is 18.1 Å². The van der Waals surface area contributed by atoms with Crippen molar-refractivity contribution in [1.82, 2.24) is 10.6 Å². The van der Waals surface area contributed by atoms with Gasteiger partial charge in [-0.25, -0.2) is 9.38 Å². The van der Waals surface area contributed by atoms with Crippen molar-refractivity contribution in [3.8, 4) is 0 Å². The summed E-state index contributed by atoms with van der Waals surface area (Å²) in [5.74, 6) is 0.469. The van der Waals surface area contributed by atoms with E-state index < -0.39 is 0 Å². The molecule has 1 rings (SSSR count). The highest BCUT2D eigenvalue weighted by atomic mass is 19.1. The maximum absolute atomic E-state index is 13.9. The number of nitrogens with one attached hydrogen (secondary N) is 2. The molecule has 1 aromatic carbocycles. The van der Waals surface area contributed by atoms with Crippen molar-refractivity contribution < 1.29 is 9.13 Å². The number of ether oxygens (including phenoxy) is 1. The lowest BCUT2D eigenvalue weighted by atomic mass is 10.2. The van der Waals surface area contributed by atoms with Gasteiger partial charge in [-0.05, 0) is 24.6 Å². The van der Waals surface area contributed by atoms with E-state index in [9.17, 15) is 4.39 Å². The second-order valence-electron chi connectivity index (χ2n) is 4.79. The van der Waals surface area contributed by atoms with Gasteiger partial charge in [0, 0.05) is 34.3 Å². The monoisotopic (exact) mass is 296 g/mol. The maximum atomic E-state index is 13.9. The molecule has 5 nitrogen and oxygen atoms in total. The van der Waals surface area contributed by atoms with Crippen LogP contribution in [0, 0.1) is 5.82 Å². The summed E-state index contributed by atoms with van der Waals surface area (Å²) in [6.45, 7) is 4.48. The summed E-state index contributed by atoms with van der Waals surface area (Å²) in [7, 11) is 5.29. The molecule has 0 aliphatic carbocycles. The molecule has 6 heteroatoms. The first-order chi connectivity index (χ1) is 10.1. The highest BCUT2D eigenvalue weighted by Gasteiger charge is 2.05. The predicted molar refractivity (Wildman–Crippen MR) is 85.4 cm³/mol. The first-order valence-electron chi connectivity index (χ1n) is 7.05. The Kier molecular flexibility index (Phi) is 7.53. The number of hydrogen-bond acceptors (Lipinski definition) is 3. The average Bonchev–Trinajstić information content (AvgIpc) is 2.44. The van der Waals surface area contributed by atoms with Crippen LogP contribution < -0.4 is 15.5 Å². The van der Waals surface area contributed by atoms with Crippen molar-refractivity contribution >= 4 is 11.6 Å². The highest BCUT2D eigenvalue weighted by molar-refractivity contribution is 5.79. The minimum absolute atomic E-state index is 0.231. The van der Waals surface area contributed by atoms with E-state index in [4.69, 9.17) is 4.74 Å². The van der Waals surface area contributed by atoms with E-state index in [0.29, 0.717) is 31.3 Å². The van der Waals surface area contributed by atoms with Gasteiger partial charge in [0.2, 0.25) is 0 Å². The summed E-state index contributed by atoms with van der Waals surface area (Å²) < 4.78 is 18.9. The summed E-state index contributed by atoms with van der Waals surface area (Å²) in [6.07, 6.45) is 0. The van der Waals surface area contributed by atoms with E-state index in [1.807, 2.05) is 27.1 Å². The fraction of sp³-hybridized carbons (Fsp3) is 0.533. The number of hydrogen-bond donors (Lipinski definition) is 2. The number of nitrogens with zero attached hydrogens (tertiary/aromatic N) is 2. The van der Waals surface area contributed by atoms with Crippen molar-refractivity contribution in [2.75, 3.05) is 45.8 Å². The van der Waals surface area contributed by atoms with Crippen molar-refractivity contribution in [2.24, 2.45) is 4.99 Å². The molecule has 0 atom stereocenters. The summed E-state index contributed by atoms with van der Waals surface area (Å²) in [6, 6.07) is 5.18. The molecule has 2 N–H and O–H groups in total. The Labute approximate surface area is 126 Å². The molecule has 0 aliphatic rings. The van der Waals surface area contributed by atoms with Crippen LogP contribution in [0.5, 0.6) is 0 Å². The van der Waals surface area contributed by atoms with Gasteiger partial charge in [-0.15, -0.1) is 0 Å². The van der Waals surface area contributed by atoms with E-state index in [-0.39, 0.29) is 5.82 Å². The molecule has 0 aromatic heterocycles. The largest absolute Gasteiger partial charge is 0.383 e. The van der Waals surface area contributed by atoms with Gasteiger partial charge in [-0.1, -0.05) is 6.07 Å². The molecule has 0 fully saturated rings. The van der Waals surface area contributed by atoms with E-state index >= 15 is 0 Å². The molecule has 0 amide bonds. The van der Waals surface area contributed by atoms with Gasteiger partial charge in [0.05, 0.1) is 18.8 Å². The van der Waals surface area contributed by atoms with E-state index in [0.717, 1.165) is 12.1 Å². The Morgan fingerprint density at radius 3 is 2.67 bits per heavy atom. The Balaban J connectivity index is 2.68. The van der Waals surface area contributed by atoms with Crippen molar-refractivity contribution in [2.45, 2.75) is 13.5 Å². The molecule has 0 bridgehead atoms. The SMILES string of the molecule is CCNC(=NCc1ccc(N(C)C)c(F)c1)NCCOC. The number of methoxy groups -OCH3 is 1. The van der Waals surface area contributed by atoms with E-state index in [2.05, 4.69) is 15.6 Å². The van der Waals surface area contributed by atoms with Crippen molar-refractivity contribution in [3.05, 3.63) is 29.6 Å². The molecule has 0 saturated carbocycles. The molecule has 0 saturated heterocycles. The van der Waals surface area contributed by atoms with Gasteiger partial charge in [0.25, 0.3) is 0 Å². The Bertz CT molecular complexity index is 463. The zero-order chi connectivity index (χ0) is 15.7. The van der Waals surface area contributed by atoms with Gasteiger partial charge in [0.15, 0.2) is 5.96 Å². The minimum atomic E-state index is -0.231. The molecule has 1 aromatic rings. The first kappa shape index (κ1) is 17.2. The van der Waals surface area contributed by atoms with Crippen molar-refractivity contribution in [1.29, 1.82) is 0 Å². The fourth-order valence-electron chi connectivity index (χ4n) is 1.80. The summed E-state index contributed by atoms with van der Waals surface area (Å²) >= 11 is 0. The van der Waals surface area contributed by atoms with Crippen LogP contribution in [-0.4, -0.2) is 46.9 Å². The van der Waals surface area contributed by atoms with Crippen LogP contribution in [0.15, 0.2) is 23.2 Å². The lowest BCUT2D eigenvalue weighted by molar-refractivity contribution is 0.203. The van der Waals surface area contributed by atoms with Crippen LogP contribution in [0.3, 0.4) is 0 Å². The highest BCUT2D eigenvalue weighted by Crippen LogP contribution is 2.18. The first-order valence-corrected chi connectivity index (χ1v) is 7.05. The molecule has 21 heavy (non-hydrogen) atoms. The Morgan fingerprint density at radius 2 is 2.10 bits per heavy atom. The van der Waals surface area contributed by atoms with Gasteiger partial charge in [-0.2, -0.15) is 0 Å². The topological polar surface area (TPSA) is 48.9 Å². The summed E-state index contributed by atoms with van der Waals surface area (Å²) in [5, 5.41) is 6.29. The molecule has 118 valence electrons. The number of benzene rings is 1. The zero-order valence-corrected chi connectivity index (χ0v) is 13.2. The van der Waals surface area contributed by atoms with Crippen LogP contribution >= 0.6 is 0 Å². The molecule has 0 aliphatic heterocycles. The molecule has 0 radical (unpaired) electrons. The lowest BCUT2D eigenvalue weighted by Gasteiger charge is -2.14. The third-order valence-corrected chi connectivity index (χ3v) is 2.86. The average molecular weight is 296 g/mol. The smallest absolute Gasteiger partial charge is 0.191 e. The lowest BCUT2D eigenvalue weighted by Crippen LogP contribution is -2.38. The standard InChI is InChI=1S/C15H25FN4O/c1-5-17-15(18-8-9-21-4)19-11-12-6-7-14(20(2)3)13(16)10-12/h6-7,10H,5,8-9,11H2,1-4H3,(H2,17,18,19). The van der Waals surface area contributed by atoms with Crippen LogP contribution in [0.25, 0.3) is 0 Å². The van der Waals surface area contributed by atoms with Gasteiger partial charge < -0.3 is 20.3 Å². The van der Waals surface area contributed by atoms with Crippen LogP contribution in [0.2, 0.25) is 0 Å². The molecular weight excluding hydrogens is 271 g/mol. The minimum Gasteiger partial charge on any atom is -0.383 e. The van der Waals surface area contributed by atoms with Crippen LogP contribution in [0.4, 0.5) is 10.1 Å². The number of guanidine groups is 1. The number of rotatable bonds is 7. The predicted octanol–water partition coefficient (Wildman–Crippen LogP) is 1.59. The number of aliphatic imine (C=N–C) groups is 1. The molecule has 0 unspecified atom stereocenters. The van der Waals surface area contributed by atoms with Gasteiger partial charge in [-0.3, -0.25) is 0 Å². The number of anilines is 1. The third kappa shape index (κ3) is 5.99. The van der Waals surface area contributed by atoms with Crippen LogP contribution in [-0.2, 0) is 11.3 Å². The second kappa shape index (κ2) is 9.18. The zero-order valence-electron chi connectivity index (χ0n) is 13.2. The second-order valence-corrected chi connectivity index (χ2v) is 4.79. The summed E-state index contributed by atoms with van der Waals surface area (Å²) in [5.41, 5.74) is 1.41. The normalized spacial score (nSPS) is 11.4. The number of halogens is 1. The van der Waals surface area contributed by atoms with Crippen LogP contribution in [0.1, 0.15) is 12.5 Å². The van der Waals surface area contributed by atoms with Gasteiger partial charge in [0.1, 0.15) is 5.82 Å². The fourth-order valence-corrected chi connectivity index (χ4v) is 1.80. The van der Waals surface area contributed by atoms with Gasteiger partial charge >= 0.3 is 0 Å². The molecular formula is C15H25FN4O.